The fourth-order valence-corrected chi connectivity index (χ4v) is 2.12. The maximum absolute atomic E-state index is 11.7. The van der Waals surface area contributed by atoms with Crippen LogP contribution in [-0.2, 0) is 9.53 Å². The number of nitrogens with zero attached hydrogens (tertiary/aromatic N) is 1. The molecule has 1 aliphatic rings. The summed E-state index contributed by atoms with van der Waals surface area (Å²) in [6.07, 6.45) is 0.901. The molecule has 0 radical (unpaired) electrons. The number of carbonyl (C=O) groups is 1. The van der Waals surface area contributed by atoms with Gasteiger partial charge in [0, 0.05) is 18.9 Å². The number of ether oxygens (including phenoxy) is 2. The minimum Gasteiger partial charge on any atom is -0.472 e. The standard InChI is InChI=1S/C13H19NO5/c1-7(2)12(13(16)17-3)10-6-11(14-19-10)18-9-4-8(15)5-9/h6-9,12,15H,4-5H2,1-3H3. The average molecular weight is 269 g/mol. The van der Waals surface area contributed by atoms with Gasteiger partial charge in [-0.15, -0.1) is 0 Å². The summed E-state index contributed by atoms with van der Waals surface area (Å²) in [5, 5.41) is 13.0. The molecular weight excluding hydrogens is 250 g/mol. The number of rotatable bonds is 5. The van der Waals surface area contributed by atoms with Crippen LogP contribution in [-0.4, -0.2) is 35.6 Å². The molecule has 1 N–H and O–H groups in total. The van der Waals surface area contributed by atoms with E-state index in [4.69, 9.17) is 14.0 Å². The molecule has 0 spiro atoms. The largest absolute Gasteiger partial charge is 0.472 e. The Balaban J connectivity index is 2.03. The first kappa shape index (κ1) is 13.9. The van der Waals surface area contributed by atoms with Gasteiger partial charge in [0.2, 0.25) is 0 Å². The molecule has 1 unspecified atom stereocenters. The summed E-state index contributed by atoms with van der Waals surface area (Å²) in [5.41, 5.74) is 0. The van der Waals surface area contributed by atoms with Crippen molar-refractivity contribution in [3.63, 3.8) is 0 Å². The molecule has 1 saturated carbocycles. The minimum absolute atomic E-state index is 0.0245. The highest BCUT2D eigenvalue weighted by molar-refractivity contribution is 5.77. The van der Waals surface area contributed by atoms with Gasteiger partial charge in [-0.25, -0.2) is 0 Å². The van der Waals surface area contributed by atoms with Gasteiger partial charge in [-0.2, -0.15) is 0 Å². The Morgan fingerprint density at radius 3 is 2.74 bits per heavy atom. The Labute approximate surface area is 111 Å². The number of aliphatic hydroxyl groups excluding tert-OH is 1. The second kappa shape index (κ2) is 5.61. The Morgan fingerprint density at radius 2 is 2.21 bits per heavy atom. The van der Waals surface area contributed by atoms with Gasteiger partial charge in [0.05, 0.1) is 13.2 Å². The van der Waals surface area contributed by atoms with Crippen LogP contribution in [0.4, 0.5) is 0 Å². The molecule has 2 rings (SSSR count). The van der Waals surface area contributed by atoms with Crippen molar-refractivity contribution in [1.82, 2.24) is 5.16 Å². The van der Waals surface area contributed by atoms with E-state index in [9.17, 15) is 9.90 Å². The number of aliphatic hydroxyl groups is 1. The molecule has 19 heavy (non-hydrogen) atoms. The van der Waals surface area contributed by atoms with Gasteiger partial charge >= 0.3 is 5.97 Å². The first-order chi connectivity index (χ1) is 9.01. The summed E-state index contributed by atoms with van der Waals surface area (Å²) >= 11 is 0. The van der Waals surface area contributed by atoms with Crippen LogP contribution >= 0.6 is 0 Å². The third-order valence-electron chi connectivity index (χ3n) is 3.29. The number of hydrogen-bond donors (Lipinski definition) is 1. The molecule has 106 valence electrons. The monoisotopic (exact) mass is 269 g/mol. The van der Waals surface area contributed by atoms with E-state index in [1.54, 1.807) is 6.07 Å². The molecule has 1 heterocycles. The molecule has 1 fully saturated rings. The third-order valence-corrected chi connectivity index (χ3v) is 3.29. The van der Waals surface area contributed by atoms with Gasteiger partial charge in [-0.05, 0) is 11.1 Å². The van der Waals surface area contributed by atoms with Crippen molar-refractivity contribution in [3.8, 4) is 5.88 Å². The van der Waals surface area contributed by atoms with Crippen molar-refractivity contribution in [1.29, 1.82) is 0 Å². The average Bonchev–Trinajstić information content (AvgIpc) is 2.75. The topological polar surface area (TPSA) is 81.8 Å². The highest BCUT2D eigenvalue weighted by Gasteiger charge is 2.32. The van der Waals surface area contributed by atoms with Gasteiger partial charge in [0.25, 0.3) is 5.88 Å². The summed E-state index contributed by atoms with van der Waals surface area (Å²) in [4.78, 5) is 11.7. The molecule has 0 saturated heterocycles. The van der Waals surface area contributed by atoms with E-state index < -0.39 is 5.92 Å². The van der Waals surface area contributed by atoms with Crippen LogP contribution in [0.3, 0.4) is 0 Å². The summed E-state index contributed by atoms with van der Waals surface area (Å²) in [6.45, 7) is 3.82. The molecule has 1 aromatic rings. The van der Waals surface area contributed by atoms with Crippen molar-refractivity contribution in [2.24, 2.45) is 5.92 Å². The maximum Gasteiger partial charge on any atom is 0.316 e. The van der Waals surface area contributed by atoms with Gasteiger partial charge < -0.3 is 19.1 Å². The molecule has 1 aromatic heterocycles. The van der Waals surface area contributed by atoms with Gasteiger partial charge in [-0.3, -0.25) is 4.79 Å². The van der Waals surface area contributed by atoms with Crippen LogP contribution in [0.5, 0.6) is 5.88 Å². The lowest BCUT2D eigenvalue weighted by Crippen LogP contribution is -2.37. The molecule has 6 heteroatoms. The summed E-state index contributed by atoms with van der Waals surface area (Å²) < 4.78 is 15.5. The first-order valence-corrected chi connectivity index (χ1v) is 6.40. The number of aromatic nitrogens is 1. The van der Waals surface area contributed by atoms with E-state index in [-0.39, 0.29) is 24.1 Å². The zero-order chi connectivity index (χ0) is 14.0. The smallest absolute Gasteiger partial charge is 0.316 e. The van der Waals surface area contributed by atoms with Crippen LogP contribution in [0.1, 0.15) is 38.4 Å². The van der Waals surface area contributed by atoms with E-state index in [0.717, 1.165) is 0 Å². The third kappa shape index (κ3) is 3.07. The Bertz CT molecular complexity index is 436. The molecule has 0 aliphatic heterocycles. The lowest BCUT2D eigenvalue weighted by Gasteiger charge is -2.30. The van der Waals surface area contributed by atoms with Crippen molar-refractivity contribution in [2.45, 2.75) is 44.8 Å². The fourth-order valence-electron chi connectivity index (χ4n) is 2.12. The van der Waals surface area contributed by atoms with Crippen LogP contribution in [0.2, 0.25) is 0 Å². The van der Waals surface area contributed by atoms with Crippen molar-refractivity contribution in [3.05, 3.63) is 11.8 Å². The van der Waals surface area contributed by atoms with Crippen molar-refractivity contribution >= 4 is 5.97 Å². The molecule has 1 aliphatic carbocycles. The molecule has 0 amide bonds. The highest BCUT2D eigenvalue weighted by Crippen LogP contribution is 2.30. The highest BCUT2D eigenvalue weighted by atomic mass is 16.6. The second-order valence-corrected chi connectivity index (χ2v) is 5.18. The van der Waals surface area contributed by atoms with Crippen LogP contribution in [0.25, 0.3) is 0 Å². The van der Waals surface area contributed by atoms with Crippen LogP contribution in [0, 0.1) is 5.92 Å². The number of carbonyl (C=O) groups excluding carboxylic acids is 1. The fraction of sp³-hybridized carbons (Fsp3) is 0.692. The second-order valence-electron chi connectivity index (χ2n) is 5.18. The van der Waals surface area contributed by atoms with E-state index >= 15 is 0 Å². The SMILES string of the molecule is COC(=O)C(c1cc(OC2CC(O)C2)no1)C(C)C. The normalized spacial score (nSPS) is 23.8. The Morgan fingerprint density at radius 1 is 1.53 bits per heavy atom. The van der Waals surface area contributed by atoms with E-state index in [1.807, 2.05) is 13.8 Å². The van der Waals surface area contributed by atoms with E-state index in [0.29, 0.717) is 24.5 Å². The zero-order valence-corrected chi connectivity index (χ0v) is 11.3. The van der Waals surface area contributed by atoms with Crippen molar-refractivity contribution < 1.29 is 23.9 Å². The van der Waals surface area contributed by atoms with Crippen LogP contribution < -0.4 is 4.74 Å². The van der Waals surface area contributed by atoms with Crippen molar-refractivity contribution in [2.75, 3.05) is 7.11 Å². The number of hydrogen-bond acceptors (Lipinski definition) is 6. The molecule has 0 aromatic carbocycles. The minimum atomic E-state index is -0.484. The maximum atomic E-state index is 11.7. The number of esters is 1. The molecule has 1 atom stereocenters. The summed E-state index contributed by atoms with van der Waals surface area (Å²) in [5.74, 6) is -0.00412. The van der Waals surface area contributed by atoms with Gasteiger partial charge in [0.1, 0.15) is 12.0 Å². The van der Waals surface area contributed by atoms with Gasteiger partial charge in [-0.1, -0.05) is 13.8 Å². The summed E-state index contributed by atoms with van der Waals surface area (Å²) in [6, 6.07) is 1.62. The molecule has 0 bridgehead atoms. The zero-order valence-electron chi connectivity index (χ0n) is 11.3. The predicted octanol–water partition coefficient (Wildman–Crippen LogP) is 1.49. The Hall–Kier alpha value is -1.56. The first-order valence-electron chi connectivity index (χ1n) is 6.40. The van der Waals surface area contributed by atoms with Crippen LogP contribution in [0.15, 0.2) is 10.6 Å². The molecular formula is C13H19NO5. The predicted molar refractivity (Wildman–Crippen MR) is 65.8 cm³/mol. The number of methoxy groups -OCH3 is 1. The van der Waals surface area contributed by atoms with E-state index in [2.05, 4.69) is 5.16 Å². The Kier molecular flexibility index (Phi) is 4.09. The summed E-state index contributed by atoms with van der Waals surface area (Å²) in [7, 11) is 1.35. The van der Waals surface area contributed by atoms with E-state index in [1.165, 1.54) is 7.11 Å². The van der Waals surface area contributed by atoms with Gasteiger partial charge in [0.15, 0.2) is 5.76 Å². The molecule has 6 nitrogen and oxygen atoms in total. The quantitative estimate of drug-likeness (QED) is 0.815. The lowest BCUT2D eigenvalue weighted by molar-refractivity contribution is -0.144. The lowest BCUT2D eigenvalue weighted by atomic mass is 9.92.